The second kappa shape index (κ2) is 6.58. The fourth-order valence-electron chi connectivity index (χ4n) is 2.62. The van der Waals surface area contributed by atoms with Crippen LogP contribution in [0.5, 0.6) is 0 Å². The van der Waals surface area contributed by atoms with E-state index in [4.69, 9.17) is 11.6 Å². The number of rotatable bonds is 3. The number of nitrogens with one attached hydrogen (secondary N) is 1. The average Bonchev–Trinajstić information content (AvgIpc) is 2.98. The van der Waals surface area contributed by atoms with Gasteiger partial charge in [0.1, 0.15) is 0 Å². The number of hydrogen-bond acceptors (Lipinski definition) is 3. The number of piperazine rings is 1. The molecule has 2 heterocycles. The van der Waals surface area contributed by atoms with Gasteiger partial charge in [-0.2, -0.15) is 0 Å². The van der Waals surface area contributed by atoms with Crippen molar-refractivity contribution in [2.75, 3.05) is 26.2 Å². The number of nitrogens with zero attached hydrogens (tertiary/aromatic N) is 1. The van der Waals surface area contributed by atoms with Crippen LogP contribution in [-0.4, -0.2) is 31.1 Å². The first-order valence-electron chi connectivity index (χ1n) is 6.69. The predicted molar refractivity (Wildman–Crippen MR) is 89.8 cm³/mol. The van der Waals surface area contributed by atoms with Gasteiger partial charge in [0.25, 0.3) is 0 Å². The van der Waals surface area contributed by atoms with Crippen molar-refractivity contribution in [3.63, 3.8) is 0 Å². The molecule has 2 aromatic rings. The van der Waals surface area contributed by atoms with Gasteiger partial charge < -0.3 is 5.32 Å². The monoisotopic (exact) mass is 370 g/mol. The Bertz CT molecular complexity index is 567. The Morgan fingerprint density at radius 3 is 2.70 bits per heavy atom. The number of benzene rings is 1. The summed E-state index contributed by atoms with van der Waals surface area (Å²) in [5.74, 6) is 0. The van der Waals surface area contributed by atoms with Crippen LogP contribution in [0.15, 0.2) is 40.2 Å². The normalized spacial score (nSPS) is 18.1. The fourth-order valence-corrected chi connectivity index (χ4v) is 4.02. The van der Waals surface area contributed by atoms with Gasteiger partial charge in [-0.1, -0.05) is 23.7 Å². The van der Waals surface area contributed by atoms with E-state index in [2.05, 4.69) is 55.8 Å². The van der Waals surface area contributed by atoms with Crippen molar-refractivity contribution in [2.24, 2.45) is 0 Å². The standard InChI is InChI=1S/C15H16BrClN2S/c16-12-10-11(3-4-13(12)17)15(14-2-1-9-20-14)19-7-5-18-6-8-19/h1-4,9-10,15,18H,5-8H2/t15-/m1/s1. The van der Waals surface area contributed by atoms with Gasteiger partial charge in [-0.25, -0.2) is 0 Å². The molecule has 1 aliphatic rings. The molecule has 2 nitrogen and oxygen atoms in total. The summed E-state index contributed by atoms with van der Waals surface area (Å²) >= 11 is 11.5. The summed E-state index contributed by atoms with van der Waals surface area (Å²) in [5.41, 5.74) is 1.30. The lowest BCUT2D eigenvalue weighted by molar-refractivity contribution is 0.200. The Labute approximate surface area is 136 Å². The van der Waals surface area contributed by atoms with Crippen LogP contribution >= 0.6 is 38.9 Å². The maximum absolute atomic E-state index is 6.13. The van der Waals surface area contributed by atoms with Gasteiger partial charge >= 0.3 is 0 Å². The van der Waals surface area contributed by atoms with Gasteiger partial charge in [-0.3, -0.25) is 4.90 Å². The highest BCUT2D eigenvalue weighted by Crippen LogP contribution is 2.35. The van der Waals surface area contributed by atoms with Crippen molar-refractivity contribution in [3.8, 4) is 0 Å². The van der Waals surface area contributed by atoms with Gasteiger partial charge in [-0.15, -0.1) is 11.3 Å². The molecule has 1 saturated heterocycles. The summed E-state index contributed by atoms with van der Waals surface area (Å²) in [6.45, 7) is 4.25. The minimum absolute atomic E-state index is 0.325. The summed E-state index contributed by atoms with van der Waals surface area (Å²) in [5, 5.41) is 6.33. The van der Waals surface area contributed by atoms with E-state index in [9.17, 15) is 0 Å². The van der Waals surface area contributed by atoms with Gasteiger partial charge in [0.2, 0.25) is 0 Å². The molecular formula is C15H16BrClN2S. The largest absolute Gasteiger partial charge is 0.314 e. The molecule has 1 fully saturated rings. The molecule has 1 aliphatic heterocycles. The number of hydrogen-bond donors (Lipinski definition) is 1. The van der Waals surface area contributed by atoms with E-state index < -0.39 is 0 Å². The van der Waals surface area contributed by atoms with Crippen molar-refractivity contribution < 1.29 is 0 Å². The van der Waals surface area contributed by atoms with Crippen LogP contribution in [0.3, 0.4) is 0 Å². The van der Waals surface area contributed by atoms with Gasteiger partial charge in [0.05, 0.1) is 11.1 Å². The van der Waals surface area contributed by atoms with E-state index >= 15 is 0 Å². The molecule has 0 aliphatic carbocycles. The highest BCUT2D eigenvalue weighted by atomic mass is 79.9. The number of thiophene rings is 1. The molecule has 0 unspecified atom stereocenters. The zero-order chi connectivity index (χ0) is 13.9. The molecule has 1 aromatic carbocycles. The molecule has 106 valence electrons. The van der Waals surface area contributed by atoms with E-state index in [1.54, 1.807) is 0 Å². The highest BCUT2D eigenvalue weighted by molar-refractivity contribution is 9.10. The molecule has 0 saturated carbocycles. The first-order valence-corrected chi connectivity index (χ1v) is 8.74. The molecule has 0 radical (unpaired) electrons. The smallest absolute Gasteiger partial charge is 0.0697 e. The third-order valence-electron chi connectivity index (χ3n) is 3.59. The predicted octanol–water partition coefficient (Wildman–Crippen LogP) is 4.16. The van der Waals surface area contributed by atoms with Crippen LogP contribution in [0.25, 0.3) is 0 Å². The van der Waals surface area contributed by atoms with Crippen LogP contribution in [0.2, 0.25) is 5.02 Å². The van der Waals surface area contributed by atoms with Crippen LogP contribution < -0.4 is 5.32 Å². The minimum atomic E-state index is 0.325. The Hall–Kier alpha value is -0.390. The molecule has 0 bridgehead atoms. The lowest BCUT2D eigenvalue weighted by Gasteiger charge is -2.35. The Morgan fingerprint density at radius 2 is 2.05 bits per heavy atom. The molecule has 5 heteroatoms. The van der Waals surface area contributed by atoms with E-state index in [0.717, 1.165) is 35.7 Å². The second-order valence-electron chi connectivity index (χ2n) is 4.88. The highest BCUT2D eigenvalue weighted by Gasteiger charge is 2.24. The van der Waals surface area contributed by atoms with Gasteiger partial charge in [0, 0.05) is 35.5 Å². The van der Waals surface area contributed by atoms with Crippen molar-refractivity contribution in [2.45, 2.75) is 6.04 Å². The van der Waals surface area contributed by atoms with Crippen molar-refractivity contribution in [3.05, 3.63) is 55.6 Å². The topological polar surface area (TPSA) is 15.3 Å². The molecule has 3 rings (SSSR count). The van der Waals surface area contributed by atoms with Crippen LogP contribution in [-0.2, 0) is 0 Å². The van der Waals surface area contributed by atoms with Crippen LogP contribution in [0.1, 0.15) is 16.5 Å². The molecule has 1 aromatic heterocycles. The van der Waals surface area contributed by atoms with Gasteiger partial charge in [-0.05, 0) is 45.1 Å². The first-order chi connectivity index (χ1) is 9.75. The summed E-state index contributed by atoms with van der Waals surface area (Å²) in [7, 11) is 0. The molecule has 20 heavy (non-hydrogen) atoms. The summed E-state index contributed by atoms with van der Waals surface area (Å²) in [6, 6.07) is 10.9. The Kier molecular flexibility index (Phi) is 4.79. The SMILES string of the molecule is Clc1ccc([C@H](c2cccs2)N2CCNCC2)cc1Br. The summed E-state index contributed by atoms with van der Waals surface area (Å²) in [4.78, 5) is 3.93. The fraction of sp³-hybridized carbons (Fsp3) is 0.333. The average molecular weight is 372 g/mol. The van der Waals surface area contributed by atoms with E-state index in [1.165, 1.54) is 10.4 Å². The van der Waals surface area contributed by atoms with Crippen molar-refractivity contribution in [1.29, 1.82) is 0 Å². The van der Waals surface area contributed by atoms with E-state index in [0.29, 0.717) is 6.04 Å². The van der Waals surface area contributed by atoms with E-state index in [1.807, 2.05) is 17.4 Å². The maximum Gasteiger partial charge on any atom is 0.0697 e. The van der Waals surface area contributed by atoms with Crippen molar-refractivity contribution >= 4 is 38.9 Å². The van der Waals surface area contributed by atoms with Crippen LogP contribution in [0.4, 0.5) is 0 Å². The van der Waals surface area contributed by atoms with Gasteiger partial charge in [0.15, 0.2) is 0 Å². The Morgan fingerprint density at radius 1 is 1.25 bits per heavy atom. The lowest BCUT2D eigenvalue weighted by atomic mass is 10.0. The summed E-state index contributed by atoms with van der Waals surface area (Å²) < 4.78 is 0.966. The first kappa shape index (κ1) is 14.5. The zero-order valence-electron chi connectivity index (χ0n) is 11.0. The quantitative estimate of drug-likeness (QED) is 0.871. The Balaban J connectivity index is 1.98. The third kappa shape index (κ3) is 3.10. The second-order valence-corrected chi connectivity index (χ2v) is 7.12. The third-order valence-corrected chi connectivity index (χ3v) is 5.73. The molecular weight excluding hydrogens is 356 g/mol. The maximum atomic E-state index is 6.13. The molecule has 0 spiro atoms. The van der Waals surface area contributed by atoms with Crippen LogP contribution in [0, 0.1) is 0 Å². The molecule has 1 atom stereocenters. The zero-order valence-corrected chi connectivity index (χ0v) is 14.1. The molecule has 1 N–H and O–H groups in total. The van der Waals surface area contributed by atoms with Crippen molar-refractivity contribution in [1.82, 2.24) is 10.2 Å². The number of halogens is 2. The minimum Gasteiger partial charge on any atom is -0.314 e. The summed E-state index contributed by atoms with van der Waals surface area (Å²) in [6.07, 6.45) is 0. The molecule has 0 amide bonds. The lowest BCUT2D eigenvalue weighted by Crippen LogP contribution is -2.45. The van der Waals surface area contributed by atoms with E-state index in [-0.39, 0.29) is 0 Å².